The zero-order chi connectivity index (χ0) is 29.6. The van der Waals surface area contributed by atoms with E-state index in [1.807, 2.05) is 31.2 Å². The number of ether oxygens (including phenoxy) is 1. The van der Waals surface area contributed by atoms with Crippen molar-refractivity contribution in [3.05, 3.63) is 70.2 Å². The fraction of sp³-hybridized carbons (Fsp3) is 0.438. The summed E-state index contributed by atoms with van der Waals surface area (Å²) in [5.41, 5.74) is 8.57. The summed E-state index contributed by atoms with van der Waals surface area (Å²) in [6.07, 6.45) is 9.07. The van der Waals surface area contributed by atoms with Gasteiger partial charge in [-0.3, -0.25) is 19.3 Å². The molecule has 1 aromatic heterocycles. The summed E-state index contributed by atoms with van der Waals surface area (Å²) >= 11 is 0.888. The van der Waals surface area contributed by atoms with Crippen molar-refractivity contribution in [2.45, 2.75) is 82.8 Å². The molecular weight excluding hydrogens is 550 g/mol. The van der Waals surface area contributed by atoms with Gasteiger partial charge in [0.05, 0.1) is 12.8 Å². The molecular formula is C32H39N5O4S. The molecule has 0 bridgehead atoms. The lowest BCUT2D eigenvalue weighted by Crippen LogP contribution is -2.46. The number of benzene rings is 2. The molecule has 0 aliphatic heterocycles. The second-order valence-electron chi connectivity index (χ2n) is 11.2. The zero-order valence-corrected chi connectivity index (χ0v) is 25.0. The Kier molecular flexibility index (Phi) is 9.41. The molecule has 10 heteroatoms. The Hall–Kier alpha value is -3.92. The van der Waals surface area contributed by atoms with E-state index in [-0.39, 0.29) is 40.2 Å². The first-order valence-corrected chi connectivity index (χ1v) is 15.5. The number of nitrogen functional groups attached to an aromatic ring is 1. The molecule has 0 radical (unpaired) electrons. The van der Waals surface area contributed by atoms with Gasteiger partial charge in [0.25, 0.3) is 11.8 Å². The van der Waals surface area contributed by atoms with E-state index >= 15 is 0 Å². The van der Waals surface area contributed by atoms with Crippen LogP contribution >= 0.6 is 11.5 Å². The van der Waals surface area contributed by atoms with E-state index in [0.717, 1.165) is 68.5 Å². The number of aromatic nitrogens is 1. The van der Waals surface area contributed by atoms with E-state index in [2.05, 4.69) is 15.0 Å². The molecule has 3 aromatic rings. The highest BCUT2D eigenvalue weighted by Gasteiger charge is 2.38. The van der Waals surface area contributed by atoms with E-state index < -0.39 is 11.9 Å². The van der Waals surface area contributed by atoms with Crippen LogP contribution in [0.4, 0.5) is 11.4 Å². The van der Waals surface area contributed by atoms with Crippen LogP contribution in [0.15, 0.2) is 48.5 Å². The molecule has 2 aromatic carbocycles. The van der Waals surface area contributed by atoms with E-state index in [1.165, 1.54) is 11.3 Å². The van der Waals surface area contributed by atoms with Crippen LogP contribution in [0.25, 0.3) is 0 Å². The molecule has 1 atom stereocenters. The summed E-state index contributed by atoms with van der Waals surface area (Å²) in [5, 5.41) is 6.23. The summed E-state index contributed by atoms with van der Waals surface area (Å²) in [6, 6.07) is 13.7. The lowest BCUT2D eigenvalue weighted by molar-refractivity contribution is -0.123. The standard InChI is InChI=1S/C32H39N5O4S/c1-20-10-6-9-15-25(20)37(28(21-16-18-24(41-2)19-17-21)31(39)35-23-13-7-8-14-23)32(40)29-26(33)27(36-42-29)30(38)34-22-11-4-3-5-12-22/h6,9-10,15-19,22-23,28H,3-5,7-8,11-14,33H2,1-2H3,(H,34,38)(H,35,39)/t28-/m0/s1. The van der Waals surface area contributed by atoms with Crippen molar-refractivity contribution in [3.8, 4) is 5.75 Å². The Morgan fingerprint density at radius 1 is 0.929 bits per heavy atom. The lowest BCUT2D eigenvalue weighted by atomic mass is 9.95. The van der Waals surface area contributed by atoms with Crippen molar-refractivity contribution in [1.29, 1.82) is 0 Å². The normalized spacial score (nSPS) is 16.5. The van der Waals surface area contributed by atoms with Gasteiger partial charge in [0.15, 0.2) is 5.69 Å². The highest BCUT2D eigenvalue weighted by molar-refractivity contribution is 7.09. The number of amides is 3. The zero-order valence-electron chi connectivity index (χ0n) is 24.2. The maximum atomic E-state index is 14.5. The molecule has 5 rings (SSSR count). The van der Waals surface area contributed by atoms with Gasteiger partial charge in [-0.15, -0.1) is 0 Å². The monoisotopic (exact) mass is 589 g/mol. The van der Waals surface area contributed by atoms with Crippen molar-refractivity contribution < 1.29 is 19.1 Å². The summed E-state index contributed by atoms with van der Waals surface area (Å²) in [7, 11) is 1.58. The Bertz CT molecular complexity index is 1410. The largest absolute Gasteiger partial charge is 0.497 e. The number of para-hydroxylation sites is 1. The van der Waals surface area contributed by atoms with Gasteiger partial charge in [0.2, 0.25) is 5.91 Å². The molecule has 1 heterocycles. The van der Waals surface area contributed by atoms with Crippen LogP contribution in [0.3, 0.4) is 0 Å². The molecule has 0 saturated heterocycles. The first-order chi connectivity index (χ1) is 20.4. The number of hydrogen-bond acceptors (Lipinski definition) is 7. The van der Waals surface area contributed by atoms with E-state index in [9.17, 15) is 14.4 Å². The minimum absolute atomic E-state index is 0.0292. The van der Waals surface area contributed by atoms with Crippen molar-refractivity contribution in [2.75, 3.05) is 17.7 Å². The molecule has 9 nitrogen and oxygen atoms in total. The van der Waals surface area contributed by atoms with Crippen LogP contribution in [0.5, 0.6) is 5.75 Å². The summed E-state index contributed by atoms with van der Waals surface area (Å²) in [5.74, 6) is -0.494. The van der Waals surface area contributed by atoms with Crippen LogP contribution in [0.1, 0.15) is 95.1 Å². The molecule has 2 aliphatic carbocycles. The van der Waals surface area contributed by atoms with Crippen LogP contribution < -0.4 is 26.0 Å². The molecule has 42 heavy (non-hydrogen) atoms. The number of aryl methyl sites for hydroxylation is 1. The third kappa shape index (κ3) is 6.43. The van der Waals surface area contributed by atoms with Gasteiger partial charge in [-0.1, -0.05) is 62.4 Å². The number of nitrogens with zero attached hydrogens (tertiary/aromatic N) is 2. The maximum absolute atomic E-state index is 14.5. The van der Waals surface area contributed by atoms with Gasteiger partial charge in [0, 0.05) is 17.8 Å². The molecule has 2 fully saturated rings. The van der Waals surface area contributed by atoms with E-state index in [4.69, 9.17) is 10.5 Å². The highest BCUT2D eigenvalue weighted by Crippen LogP contribution is 2.36. The van der Waals surface area contributed by atoms with Gasteiger partial charge in [-0.05, 0) is 73.5 Å². The molecule has 222 valence electrons. The quantitative estimate of drug-likeness (QED) is 0.300. The van der Waals surface area contributed by atoms with E-state index in [1.54, 1.807) is 31.4 Å². The van der Waals surface area contributed by atoms with E-state index in [0.29, 0.717) is 17.0 Å². The minimum Gasteiger partial charge on any atom is -0.497 e. The fourth-order valence-electron chi connectivity index (χ4n) is 5.98. The lowest BCUT2D eigenvalue weighted by Gasteiger charge is -2.33. The number of carbonyl (C=O) groups excluding carboxylic acids is 3. The predicted molar refractivity (Wildman–Crippen MR) is 165 cm³/mol. The van der Waals surface area contributed by atoms with Crippen LogP contribution in [0, 0.1) is 6.92 Å². The summed E-state index contributed by atoms with van der Waals surface area (Å²) < 4.78 is 9.67. The number of carbonyl (C=O) groups is 3. The number of nitrogens with one attached hydrogen (secondary N) is 2. The first-order valence-electron chi connectivity index (χ1n) is 14.8. The Labute approximate surface area is 251 Å². The number of nitrogens with two attached hydrogens (primary N) is 1. The number of anilines is 2. The highest BCUT2D eigenvalue weighted by atomic mass is 32.1. The fourth-order valence-corrected chi connectivity index (χ4v) is 6.71. The second kappa shape index (κ2) is 13.4. The summed E-state index contributed by atoms with van der Waals surface area (Å²) in [6.45, 7) is 1.90. The minimum atomic E-state index is -0.994. The smallest absolute Gasteiger partial charge is 0.273 e. The average Bonchev–Trinajstić information content (AvgIpc) is 3.66. The average molecular weight is 590 g/mol. The molecule has 2 aliphatic rings. The molecule has 3 amide bonds. The molecule has 0 unspecified atom stereocenters. The third-order valence-electron chi connectivity index (χ3n) is 8.31. The van der Waals surface area contributed by atoms with Crippen molar-refractivity contribution in [3.63, 3.8) is 0 Å². The molecule has 2 saturated carbocycles. The van der Waals surface area contributed by atoms with Gasteiger partial charge < -0.3 is 21.1 Å². The Morgan fingerprint density at radius 2 is 1.55 bits per heavy atom. The topological polar surface area (TPSA) is 127 Å². The summed E-state index contributed by atoms with van der Waals surface area (Å²) in [4.78, 5) is 43.3. The number of hydrogen-bond donors (Lipinski definition) is 3. The maximum Gasteiger partial charge on any atom is 0.273 e. The first kappa shape index (κ1) is 29.6. The van der Waals surface area contributed by atoms with Gasteiger partial charge in [0.1, 0.15) is 16.7 Å². The van der Waals surface area contributed by atoms with Crippen molar-refractivity contribution in [1.82, 2.24) is 15.0 Å². The predicted octanol–water partition coefficient (Wildman–Crippen LogP) is 5.55. The van der Waals surface area contributed by atoms with Gasteiger partial charge in [-0.2, -0.15) is 4.37 Å². The Balaban J connectivity index is 1.54. The SMILES string of the molecule is COc1ccc([C@@H](C(=O)NC2CCCC2)N(C(=O)c2snc(C(=O)NC3CCCCC3)c2N)c2ccccc2C)cc1. The van der Waals surface area contributed by atoms with Crippen LogP contribution in [-0.2, 0) is 4.79 Å². The molecule has 0 spiro atoms. The number of methoxy groups -OCH3 is 1. The molecule has 4 N–H and O–H groups in total. The van der Waals surface area contributed by atoms with Crippen molar-refractivity contribution >= 4 is 40.6 Å². The van der Waals surface area contributed by atoms with Gasteiger partial charge in [-0.25, -0.2) is 0 Å². The second-order valence-corrected chi connectivity index (χ2v) is 12.0. The number of rotatable bonds is 9. The van der Waals surface area contributed by atoms with Crippen molar-refractivity contribution in [2.24, 2.45) is 0 Å². The van der Waals surface area contributed by atoms with Crippen LogP contribution in [0.2, 0.25) is 0 Å². The Morgan fingerprint density at radius 3 is 2.19 bits per heavy atom. The van der Waals surface area contributed by atoms with Crippen LogP contribution in [-0.4, -0.2) is 41.3 Å². The third-order valence-corrected chi connectivity index (χ3v) is 9.16. The van der Waals surface area contributed by atoms with Gasteiger partial charge >= 0.3 is 0 Å².